The predicted octanol–water partition coefficient (Wildman–Crippen LogP) is 3.35. The zero-order valence-corrected chi connectivity index (χ0v) is 15.3. The molecule has 0 aromatic carbocycles. The number of carbonyl (C=O) groups excluding carboxylic acids is 1. The molecule has 6 heteroatoms. The van der Waals surface area contributed by atoms with Crippen LogP contribution in [0.4, 0.5) is 0 Å². The van der Waals surface area contributed by atoms with Crippen LogP contribution in [0.25, 0.3) is 0 Å². The molecule has 0 aromatic heterocycles. The highest BCUT2D eigenvalue weighted by molar-refractivity contribution is 6.74. The minimum atomic E-state index is -1.91. The van der Waals surface area contributed by atoms with E-state index in [-0.39, 0.29) is 23.0 Å². The molecule has 21 heavy (non-hydrogen) atoms. The minimum absolute atomic E-state index is 0.00609. The van der Waals surface area contributed by atoms with Gasteiger partial charge in [-0.25, -0.2) is 4.97 Å². The van der Waals surface area contributed by atoms with E-state index in [1.165, 1.54) is 7.11 Å². The first-order valence-electron chi connectivity index (χ1n) is 7.82. The lowest BCUT2D eigenvalue weighted by Crippen LogP contribution is -2.62. The van der Waals surface area contributed by atoms with Crippen molar-refractivity contribution in [3.05, 3.63) is 12.2 Å². The molecule has 3 atom stereocenters. The van der Waals surface area contributed by atoms with E-state index in [0.29, 0.717) is 12.7 Å². The fraction of sp³-hybridized carbons (Fsp3) is 0.800. The van der Waals surface area contributed by atoms with Gasteiger partial charge in [-0.3, -0.25) is 4.79 Å². The van der Waals surface area contributed by atoms with Crippen LogP contribution in [0.3, 0.4) is 0 Å². The summed E-state index contributed by atoms with van der Waals surface area (Å²) in [6, 6.07) is 0.00609. The van der Waals surface area contributed by atoms with Gasteiger partial charge in [-0.05, 0) is 30.4 Å². The normalized spacial score (nSPS) is 29.9. The standard InChI is InChI=1S/C15H28BNO3Si/c1-15(2,3)21(6,7)20-17-13-9-8-11(16(17)4)10-12(13)14(18)19-5/h8-9,11-13H,10H2,1-7H3/t11?,12-,13?/m1/s1. The summed E-state index contributed by atoms with van der Waals surface area (Å²) in [4.78, 5) is 14.1. The monoisotopic (exact) mass is 309 g/mol. The third-order valence-corrected chi connectivity index (χ3v) is 9.73. The zero-order valence-electron chi connectivity index (χ0n) is 14.3. The fourth-order valence-electron chi connectivity index (χ4n) is 2.91. The molecule has 0 N–H and O–H groups in total. The molecule has 0 saturated carbocycles. The number of ether oxygens (including phenoxy) is 1. The first kappa shape index (κ1) is 16.8. The van der Waals surface area contributed by atoms with E-state index in [0.717, 1.165) is 6.42 Å². The molecule has 3 aliphatic rings. The molecular weight excluding hydrogens is 281 g/mol. The maximum Gasteiger partial charge on any atom is 0.310 e. The maximum absolute atomic E-state index is 12.0. The van der Waals surface area contributed by atoms with E-state index in [2.05, 4.69) is 57.8 Å². The first-order valence-corrected chi connectivity index (χ1v) is 10.7. The van der Waals surface area contributed by atoms with Gasteiger partial charge in [0.15, 0.2) is 0 Å². The Morgan fingerprint density at radius 2 is 1.95 bits per heavy atom. The molecule has 118 valence electrons. The van der Waals surface area contributed by atoms with Crippen LogP contribution in [-0.4, -0.2) is 39.3 Å². The van der Waals surface area contributed by atoms with Gasteiger partial charge in [0.1, 0.15) is 0 Å². The smallest absolute Gasteiger partial charge is 0.310 e. The van der Waals surface area contributed by atoms with Crippen LogP contribution >= 0.6 is 0 Å². The van der Waals surface area contributed by atoms with E-state index in [4.69, 9.17) is 9.26 Å². The molecule has 1 saturated heterocycles. The lowest BCUT2D eigenvalue weighted by Gasteiger charge is -2.51. The molecule has 0 aromatic rings. The van der Waals surface area contributed by atoms with Crippen LogP contribution < -0.4 is 0 Å². The van der Waals surface area contributed by atoms with E-state index in [1.54, 1.807) is 0 Å². The third-order valence-electron chi connectivity index (χ3n) is 5.45. The van der Waals surface area contributed by atoms with E-state index in [1.807, 2.05) is 0 Å². The van der Waals surface area contributed by atoms with Crippen molar-refractivity contribution in [2.45, 2.75) is 64.0 Å². The van der Waals surface area contributed by atoms with Gasteiger partial charge >= 0.3 is 5.97 Å². The van der Waals surface area contributed by atoms with E-state index < -0.39 is 8.32 Å². The van der Waals surface area contributed by atoms with Gasteiger partial charge in [-0.15, -0.1) is 0 Å². The number of allylic oxidation sites excluding steroid dienone is 1. The number of methoxy groups -OCH3 is 1. The third kappa shape index (κ3) is 2.98. The van der Waals surface area contributed by atoms with Crippen LogP contribution in [-0.2, 0) is 14.1 Å². The van der Waals surface area contributed by atoms with Crippen LogP contribution in [0.2, 0.25) is 30.8 Å². The van der Waals surface area contributed by atoms with E-state index >= 15 is 0 Å². The predicted molar refractivity (Wildman–Crippen MR) is 88.5 cm³/mol. The Kier molecular flexibility index (Phi) is 4.44. The second-order valence-electron chi connectivity index (χ2n) is 7.86. The SMILES string of the molecule is COC(=O)[C@@H]1CC2C=CC1N(O[Si](C)(C)C(C)(C)C)B2C. The second-order valence-corrected chi connectivity index (χ2v) is 12.6. The van der Waals surface area contributed by atoms with Crippen LogP contribution in [0.15, 0.2) is 12.2 Å². The molecule has 1 aliphatic carbocycles. The highest BCUT2D eigenvalue weighted by Crippen LogP contribution is 2.44. The summed E-state index contributed by atoms with van der Waals surface area (Å²) < 4.78 is 11.5. The summed E-state index contributed by atoms with van der Waals surface area (Å²) in [6.07, 6.45) is 5.23. The summed E-state index contributed by atoms with van der Waals surface area (Å²) in [5, 5.41) is 0.147. The Labute approximate surface area is 130 Å². The van der Waals surface area contributed by atoms with Crippen molar-refractivity contribution < 1.29 is 14.1 Å². The molecule has 2 bridgehead atoms. The van der Waals surface area contributed by atoms with Crippen LogP contribution in [0.1, 0.15) is 27.2 Å². The van der Waals surface area contributed by atoms with Crippen molar-refractivity contribution in [2.75, 3.05) is 7.11 Å². The van der Waals surface area contributed by atoms with Gasteiger partial charge in [0, 0.05) is 0 Å². The van der Waals surface area contributed by atoms with Gasteiger partial charge < -0.3 is 9.26 Å². The van der Waals surface area contributed by atoms with Crippen molar-refractivity contribution in [3.8, 4) is 0 Å². The molecule has 1 fully saturated rings. The number of fused-ring (bicyclic) bond motifs is 2. The number of hydrogen-bond acceptors (Lipinski definition) is 4. The molecule has 4 nitrogen and oxygen atoms in total. The molecule has 0 spiro atoms. The number of carbonyl (C=O) groups is 1. The Bertz CT molecular complexity index is 447. The Balaban J connectivity index is 2.23. The zero-order chi connectivity index (χ0) is 16.0. The number of hydrogen-bond donors (Lipinski definition) is 0. The topological polar surface area (TPSA) is 38.8 Å². The Hall–Kier alpha value is -0.588. The van der Waals surface area contributed by atoms with Crippen LogP contribution in [0.5, 0.6) is 0 Å². The van der Waals surface area contributed by atoms with Gasteiger partial charge in [-0.2, -0.15) is 0 Å². The lowest BCUT2D eigenvalue weighted by molar-refractivity contribution is -0.152. The second kappa shape index (κ2) is 5.56. The molecule has 0 radical (unpaired) electrons. The molecule has 2 heterocycles. The number of hydroxylamine groups is 1. The quantitative estimate of drug-likeness (QED) is 0.455. The average Bonchev–Trinajstić information content (AvgIpc) is 2.40. The molecule has 3 rings (SSSR count). The highest BCUT2D eigenvalue weighted by atomic mass is 28.4. The average molecular weight is 309 g/mol. The summed E-state index contributed by atoms with van der Waals surface area (Å²) in [5.41, 5.74) is 0. The summed E-state index contributed by atoms with van der Waals surface area (Å²) in [7, 11) is -0.437. The van der Waals surface area contributed by atoms with Gasteiger partial charge in [-0.1, -0.05) is 39.7 Å². The number of esters is 1. The van der Waals surface area contributed by atoms with Crippen molar-refractivity contribution in [1.29, 1.82) is 0 Å². The van der Waals surface area contributed by atoms with Crippen molar-refractivity contribution in [2.24, 2.45) is 5.92 Å². The number of rotatable bonds is 3. The van der Waals surface area contributed by atoms with Gasteiger partial charge in [0.25, 0.3) is 6.85 Å². The number of nitrogens with zero attached hydrogens (tertiary/aromatic N) is 1. The summed E-state index contributed by atoms with van der Waals surface area (Å²) in [5.74, 6) is 0.139. The Morgan fingerprint density at radius 1 is 1.33 bits per heavy atom. The van der Waals surface area contributed by atoms with Crippen molar-refractivity contribution in [1.82, 2.24) is 4.97 Å². The largest absolute Gasteiger partial charge is 0.469 e. The van der Waals surface area contributed by atoms with E-state index in [9.17, 15) is 4.79 Å². The molecule has 2 unspecified atom stereocenters. The maximum atomic E-state index is 12.0. The van der Waals surface area contributed by atoms with Crippen molar-refractivity contribution in [3.63, 3.8) is 0 Å². The lowest BCUT2D eigenvalue weighted by atomic mass is 9.45. The fourth-order valence-corrected chi connectivity index (χ4v) is 4.00. The van der Waals surface area contributed by atoms with Gasteiger partial charge in [0.05, 0.1) is 19.1 Å². The summed E-state index contributed by atoms with van der Waals surface area (Å²) >= 11 is 0. The summed E-state index contributed by atoms with van der Waals surface area (Å²) in [6.45, 7) is 13.7. The van der Waals surface area contributed by atoms with Crippen LogP contribution in [0, 0.1) is 5.92 Å². The molecular formula is C15H28BNO3Si. The minimum Gasteiger partial charge on any atom is -0.469 e. The molecule has 2 aliphatic heterocycles. The highest BCUT2D eigenvalue weighted by Gasteiger charge is 2.51. The first-order chi connectivity index (χ1) is 9.58. The van der Waals surface area contributed by atoms with Gasteiger partial charge in [0.2, 0.25) is 8.32 Å². The Morgan fingerprint density at radius 3 is 2.48 bits per heavy atom. The van der Waals surface area contributed by atoms with Crippen molar-refractivity contribution >= 4 is 21.1 Å². The molecule has 0 amide bonds.